The van der Waals surface area contributed by atoms with E-state index in [9.17, 15) is 0 Å². The summed E-state index contributed by atoms with van der Waals surface area (Å²) in [6.45, 7) is 0. The van der Waals surface area contributed by atoms with E-state index in [1.165, 1.54) is 0 Å². The van der Waals surface area contributed by atoms with Crippen molar-refractivity contribution in [3.63, 3.8) is 0 Å². The highest BCUT2D eigenvalue weighted by Gasteiger charge is 2.08. The van der Waals surface area contributed by atoms with E-state index in [-0.39, 0.29) is 0 Å². The fourth-order valence-electron chi connectivity index (χ4n) is 2.32. The number of benzene rings is 1. The Morgan fingerprint density at radius 1 is 0.950 bits per heavy atom. The molecule has 0 fully saturated rings. The maximum absolute atomic E-state index is 4.73. The Kier molecular flexibility index (Phi) is 2.39. The maximum Gasteiger partial charge on any atom is 0.0885 e. The van der Waals surface area contributed by atoms with Gasteiger partial charge in [-0.1, -0.05) is 48.8 Å². The molecule has 3 heterocycles. The highest BCUT2D eigenvalue weighted by Crippen LogP contribution is 2.26. The molecule has 0 aliphatic heterocycles. The third kappa shape index (κ3) is 1.62. The molecular formula is C16H11N4-. The van der Waals surface area contributed by atoms with Crippen LogP contribution in [0.25, 0.3) is 28.4 Å². The standard InChI is InChI=1S/C16H11N4/c1-2-6-12(7-3-1)15-19-14(13-8-4-5-9-17-13)16-18-10-11-20(15)16/h1-11H/q-1. The lowest BCUT2D eigenvalue weighted by atomic mass is 10.2. The van der Waals surface area contributed by atoms with Crippen LogP contribution in [-0.4, -0.2) is 14.4 Å². The number of imidazole rings is 2. The van der Waals surface area contributed by atoms with Crippen LogP contribution in [0.2, 0.25) is 0 Å². The minimum Gasteiger partial charge on any atom is -0.441 e. The summed E-state index contributed by atoms with van der Waals surface area (Å²) in [5.74, 6) is 0.888. The molecule has 0 radical (unpaired) electrons. The van der Waals surface area contributed by atoms with Crippen LogP contribution in [0, 0.1) is 0 Å². The highest BCUT2D eigenvalue weighted by molar-refractivity contribution is 5.76. The van der Waals surface area contributed by atoms with Gasteiger partial charge in [0.05, 0.1) is 17.2 Å². The summed E-state index contributed by atoms with van der Waals surface area (Å²) < 4.78 is 2.00. The molecule has 0 atom stereocenters. The van der Waals surface area contributed by atoms with Crippen molar-refractivity contribution >= 4 is 5.65 Å². The van der Waals surface area contributed by atoms with Gasteiger partial charge in [0.2, 0.25) is 0 Å². The molecule has 4 aromatic rings. The van der Waals surface area contributed by atoms with Crippen LogP contribution in [0.4, 0.5) is 0 Å². The summed E-state index contributed by atoms with van der Waals surface area (Å²) in [6, 6.07) is 15.9. The normalized spacial score (nSPS) is 11.0. The third-order valence-electron chi connectivity index (χ3n) is 3.24. The third-order valence-corrected chi connectivity index (χ3v) is 3.24. The number of nitrogens with zero attached hydrogens (tertiary/aromatic N) is 4. The van der Waals surface area contributed by atoms with Crippen molar-refractivity contribution in [2.75, 3.05) is 0 Å². The fourth-order valence-corrected chi connectivity index (χ4v) is 2.32. The van der Waals surface area contributed by atoms with Crippen LogP contribution >= 0.6 is 0 Å². The van der Waals surface area contributed by atoms with E-state index in [1.807, 2.05) is 59.1 Å². The monoisotopic (exact) mass is 259 g/mol. The van der Waals surface area contributed by atoms with E-state index in [0.717, 1.165) is 28.4 Å². The smallest absolute Gasteiger partial charge is 0.0885 e. The predicted molar refractivity (Wildman–Crippen MR) is 77.2 cm³/mol. The van der Waals surface area contributed by atoms with Gasteiger partial charge in [-0.25, -0.2) is 0 Å². The van der Waals surface area contributed by atoms with Crippen molar-refractivity contribution in [1.29, 1.82) is 0 Å². The molecule has 20 heavy (non-hydrogen) atoms. The first-order chi connectivity index (χ1) is 9.93. The molecule has 0 spiro atoms. The second-order valence-electron chi connectivity index (χ2n) is 4.49. The molecule has 0 saturated heterocycles. The molecule has 0 aliphatic rings. The Morgan fingerprint density at radius 3 is 2.60 bits per heavy atom. The summed E-state index contributed by atoms with van der Waals surface area (Å²) in [7, 11) is 0. The first kappa shape index (κ1) is 11.0. The summed E-state index contributed by atoms with van der Waals surface area (Å²) in [5.41, 5.74) is 3.56. The zero-order valence-electron chi connectivity index (χ0n) is 10.6. The molecule has 4 heteroatoms. The Hall–Kier alpha value is -2.88. The molecule has 0 aliphatic carbocycles. The van der Waals surface area contributed by atoms with Gasteiger partial charge < -0.3 is 9.38 Å². The van der Waals surface area contributed by atoms with Crippen LogP contribution in [0.15, 0.2) is 67.1 Å². The van der Waals surface area contributed by atoms with Crippen LogP contribution in [0.3, 0.4) is 0 Å². The molecule has 0 unspecified atom stereocenters. The molecule has 3 aromatic heterocycles. The molecular weight excluding hydrogens is 248 g/mol. The van der Waals surface area contributed by atoms with Crippen molar-refractivity contribution in [2.45, 2.75) is 0 Å². The van der Waals surface area contributed by atoms with E-state index in [1.54, 1.807) is 12.4 Å². The largest absolute Gasteiger partial charge is 0.441 e. The number of hydrogen-bond donors (Lipinski definition) is 0. The van der Waals surface area contributed by atoms with Crippen LogP contribution in [-0.2, 0) is 0 Å². The number of pyridine rings is 1. The second-order valence-corrected chi connectivity index (χ2v) is 4.49. The number of hydrogen-bond acceptors (Lipinski definition) is 2. The van der Waals surface area contributed by atoms with Crippen molar-refractivity contribution in [1.82, 2.24) is 19.4 Å². The number of aromatic nitrogens is 4. The summed E-state index contributed by atoms with van der Waals surface area (Å²) >= 11 is 0. The summed E-state index contributed by atoms with van der Waals surface area (Å²) in [6.07, 6.45) is 5.48. The van der Waals surface area contributed by atoms with Crippen molar-refractivity contribution in [3.8, 4) is 22.8 Å². The molecule has 4 nitrogen and oxygen atoms in total. The van der Waals surface area contributed by atoms with E-state index in [2.05, 4.69) is 9.97 Å². The van der Waals surface area contributed by atoms with Crippen molar-refractivity contribution in [3.05, 3.63) is 67.1 Å². The lowest BCUT2D eigenvalue weighted by Crippen LogP contribution is -1.85. The Bertz CT molecular complexity index is 775. The van der Waals surface area contributed by atoms with Gasteiger partial charge in [0.15, 0.2) is 0 Å². The summed E-state index contributed by atoms with van der Waals surface area (Å²) in [5, 5.41) is 0. The van der Waals surface area contributed by atoms with E-state index in [0.29, 0.717) is 0 Å². The van der Waals surface area contributed by atoms with Gasteiger partial charge in [0.1, 0.15) is 0 Å². The zero-order valence-corrected chi connectivity index (χ0v) is 10.6. The van der Waals surface area contributed by atoms with E-state index < -0.39 is 0 Å². The second kappa shape index (κ2) is 4.35. The van der Waals surface area contributed by atoms with Crippen LogP contribution < -0.4 is 4.98 Å². The van der Waals surface area contributed by atoms with Crippen LogP contribution in [0.5, 0.6) is 0 Å². The van der Waals surface area contributed by atoms with Crippen LogP contribution in [0.1, 0.15) is 0 Å². The number of fused-ring (bicyclic) bond motifs is 1. The minimum absolute atomic E-state index is 0.814. The van der Waals surface area contributed by atoms with Gasteiger partial charge in [-0.3, -0.25) is 9.97 Å². The fraction of sp³-hybridized carbons (Fsp3) is 0. The van der Waals surface area contributed by atoms with Crippen molar-refractivity contribution in [2.24, 2.45) is 0 Å². The molecule has 0 N–H and O–H groups in total. The predicted octanol–water partition coefficient (Wildman–Crippen LogP) is 3.02. The Morgan fingerprint density at radius 2 is 1.80 bits per heavy atom. The van der Waals surface area contributed by atoms with Gasteiger partial charge in [0, 0.05) is 6.20 Å². The SMILES string of the molecule is c1ccc(-c2nc(-c3ccccn3)c3[n-]ccn23)cc1. The molecule has 4 rings (SSSR count). The maximum atomic E-state index is 4.73. The molecule has 1 aromatic carbocycles. The average molecular weight is 259 g/mol. The first-order valence-electron chi connectivity index (χ1n) is 6.40. The van der Waals surface area contributed by atoms with Gasteiger partial charge in [-0.05, 0) is 23.3 Å². The lowest BCUT2D eigenvalue weighted by Gasteiger charge is -2.02. The highest BCUT2D eigenvalue weighted by atomic mass is 15.1. The molecule has 0 amide bonds. The zero-order chi connectivity index (χ0) is 13.4. The summed E-state index contributed by atoms with van der Waals surface area (Å²) in [4.78, 5) is 13.5. The van der Waals surface area contributed by atoms with Gasteiger partial charge >= 0.3 is 0 Å². The Balaban J connectivity index is 1.99. The van der Waals surface area contributed by atoms with Gasteiger partial charge in [-0.15, -0.1) is 0 Å². The van der Waals surface area contributed by atoms with E-state index >= 15 is 0 Å². The van der Waals surface area contributed by atoms with Gasteiger partial charge in [0.25, 0.3) is 0 Å². The minimum atomic E-state index is 0.814. The quantitative estimate of drug-likeness (QED) is 0.556. The van der Waals surface area contributed by atoms with Gasteiger partial charge in [-0.2, -0.15) is 0 Å². The lowest BCUT2D eigenvalue weighted by molar-refractivity contribution is 1.18. The Labute approximate surface area is 115 Å². The van der Waals surface area contributed by atoms with Crippen molar-refractivity contribution < 1.29 is 0 Å². The first-order valence-corrected chi connectivity index (χ1v) is 6.40. The molecule has 0 saturated carbocycles. The average Bonchev–Trinajstić information content (AvgIpc) is 3.11. The number of rotatable bonds is 2. The molecule has 96 valence electrons. The molecule has 0 bridgehead atoms. The topological polar surface area (TPSA) is 44.3 Å². The van der Waals surface area contributed by atoms with E-state index in [4.69, 9.17) is 4.98 Å².